The van der Waals surface area contributed by atoms with E-state index in [1.807, 2.05) is 11.0 Å². The first-order valence-corrected chi connectivity index (χ1v) is 9.98. The van der Waals surface area contributed by atoms with E-state index in [0.29, 0.717) is 6.04 Å². The van der Waals surface area contributed by atoms with E-state index in [2.05, 4.69) is 29.8 Å². The minimum atomic E-state index is -0.208. The monoisotopic (exact) mass is 357 g/mol. The molecule has 0 atom stereocenters. The van der Waals surface area contributed by atoms with Crippen LogP contribution in [-0.4, -0.2) is 40.9 Å². The number of carbonyl (C=O) groups is 2. The maximum absolute atomic E-state index is 12.1. The molecule has 5 nitrogen and oxygen atoms in total. The zero-order valence-electron chi connectivity index (χ0n) is 16.1. The van der Waals surface area contributed by atoms with Crippen LogP contribution in [0.4, 0.5) is 0 Å². The molecule has 0 aromatic carbocycles. The summed E-state index contributed by atoms with van der Waals surface area (Å²) in [6.45, 7) is 6.00. The van der Waals surface area contributed by atoms with Gasteiger partial charge in [-0.15, -0.1) is 0 Å². The smallest absolute Gasteiger partial charge is 0.244 e. The van der Waals surface area contributed by atoms with Crippen molar-refractivity contribution in [1.29, 1.82) is 0 Å². The summed E-state index contributed by atoms with van der Waals surface area (Å²) in [7, 11) is 0. The highest BCUT2D eigenvalue weighted by molar-refractivity contribution is 5.94. The summed E-state index contributed by atoms with van der Waals surface area (Å²) in [5, 5.41) is 2.71. The minimum Gasteiger partial charge on any atom is -0.346 e. The van der Waals surface area contributed by atoms with Crippen LogP contribution in [0.1, 0.15) is 67.9 Å². The molecular weight excluding hydrogens is 326 g/mol. The Labute approximate surface area is 156 Å². The van der Waals surface area contributed by atoms with Gasteiger partial charge in [0.2, 0.25) is 11.8 Å². The van der Waals surface area contributed by atoms with Crippen molar-refractivity contribution in [1.82, 2.24) is 14.8 Å². The predicted octanol–water partition coefficient (Wildman–Crippen LogP) is 3.36. The molecule has 2 aliphatic rings. The van der Waals surface area contributed by atoms with Crippen LogP contribution >= 0.6 is 0 Å². The number of likely N-dealkylation sites (tertiary alicyclic amines) is 1. The lowest BCUT2D eigenvalue weighted by Crippen LogP contribution is -2.38. The molecule has 2 fully saturated rings. The number of aryl methyl sites for hydroxylation is 1. The SMILES string of the molecule is Cc1cc(/C=C/C(=O)NCC(=O)N2CCCC2)c(C)n1C1CCCCC1. The van der Waals surface area contributed by atoms with E-state index in [1.165, 1.54) is 43.5 Å². The van der Waals surface area contributed by atoms with Crippen molar-refractivity contribution in [2.45, 2.75) is 64.8 Å². The quantitative estimate of drug-likeness (QED) is 0.822. The van der Waals surface area contributed by atoms with Crippen LogP contribution in [0, 0.1) is 13.8 Å². The van der Waals surface area contributed by atoms with Crippen LogP contribution in [0.25, 0.3) is 6.08 Å². The topological polar surface area (TPSA) is 54.3 Å². The molecule has 142 valence electrons. The van der Waals surface area contributed by atoms with Gasteiger partial charge in [-0.2, -0.15) is 0 Å². The van der Waals surface area contributed by atoms with Crippen LogP contribution in [-0.2, 0) is 9.59 Å². The number of carbonyl (C=O) groups excluding carboxylic acids is 2. The number of aromatic nitrogens is 1. The highest BCUT2D eigenvalue weighted by atomic mass is 16.2. The van der Waals surface area contributed by atoms with Crippen LogP contribution in [0.3, 0.4) is 0 Å². The fraction of sp³-hybridized carbons (Fsp3) is 0.619. The molecule has 0 bridgehead atoms. The molecule has 1 saturated carbocycles. The van der Waals surface area contributed by atoms with Crippen molar-refractivity contribution in [2.75, 3.05) is 19.6 Å². The van der Waals surface area contributed by atoms with Gasteiger partial charge in [0.25, 0.3) is 0 Å². The van der Waals surface area contributed by atoms with Gasteiger partial charge < -0.3 is 14.8 Å². The number of hydrogen-bond donors (Lipinski definition) is 1. The van der Waals surface area contributed by atoms with Crippen molar-refractivity contribution in [3.8, 4) is 0 Å². The highest BCUT2D eigenvalue weighted by Gasteiger charge is 2.20. The third-order valence-electron chi connectivity index (χ3n) is 5.75. The van der Waals surface area contributed by atoms with E-state index in [9.17, 15) is 9.59 Å². The zero-order chi connectivity index (χ0) is 18.5. The number of nitrogens with one attached hydrogen (secondary N) is 1. The highest BCUT2D eigenvalue weighted by Crippen LogP contribution is 2.32. The average Bonchev–Trinajstić information content (AvgIpc) is 3.27. The summed E-state index contributed by atoms with van der Waals surface area (Å²) in [6, 6.07) is 2.75. The lowest BCUT2D eigenvalue weighted by Gasteiger charge is -2.26. The Morgan fingerprint density at radius 2 is 1.81 bits per heavy atom. The number of amides is 2. The molecule has 1 aromatic rings. The maximum Gasteiger partial charge on any atom is 0.244 e. The van der Waals surface area contributed by atoms with E-state index in [1.54, 1.807) is 6.08 Å². The van der Waals surface area contributed by atoms with Gasteiger partial charge in [0, 0.05) is 36.6 Å². The minimum absolute atomic E-state index is 0.0136. The number of nitrogens with zero attached hydrogens (tertiary/aromatic N) is 2. The fourth-order valence-electron chi connectivity index (χ4n) is 4.34. The second-order valence-electron chi connectivity index (χ2n) is 7.63. The molecule has 1 aliphatic carbocycles. The Hall–Kier alpha value is -2.04. The van der Waals surface area contributed by atoms with E-state index in [-0.39, 0.29) is 18.4 Å². The van der Waals surface area contributed by atoms with E-state index in [0.717, 1.165) is 31.5 Å². The predicted molar refractivity (Wildman–Crippen MR) is 104 cm³/mol. The Morgan fingerprint density at radius 3 is 2.50 bits per heavy atom. The van der Waals surface area contributed by atoms with Crippen LogP contribution in [0.2, 0.25) is 0 Å². The van der Waals surface area contributed by atoms with Crippen molar-refractivity contribution in [3.63, 3.8) is 0 Å². The molecule has 2 heterocycles. The molecular formula is C21H31N3O2. The van der Waals surface area contributed by atoms with Crippen LogP contribution < -0.4 is 5.32 Å². The second kappa shape index (κ2) is 8.56. The zero-order valence-corrected chi connectivity index (χ0v) is 16.1. The summed E-state index contributed by atoms with van der Waals surface area (Å²) in [4.78, 5) is 25.9. The van der Waals surface area contributed by atoms with Crippen molar-refractivity contribution >= 4 is 17.9 Å². The van der Waals surface area contributed by atoms with Gasteiger partial charge in [-0.25, -0.2) is 0 Å². The molecule has 0 radical (unpaired) electrons. The summed E-state index contributed by atoms with van der Waals surface area (Å²) in [6.07, 6.45) is 12.0. The molecule has 1 saturated heterocycles. The molecule has 0 unspecified atom stereocenters. The first kappa shape index (κ1) is 18.7. The van der Waals surface area contributed by atoms with Crippen molar-refractivity contribution in [3.05, 3.63) is 29.1 Å². The number of rotatable bonds is 5. The van der Waals surface area contributed by atoms with Crippen molar-refractivity contribution in [2.24, 2.45) is 0 Å². The molecule has 1 aromatic heterocycles. The van der Waals surface area contributed by atoms with Gasteiger partial charge >= 0.3 is 0 Å². The van der Waals surface area contributed by atoms with Gasteiger partial charge in [-0.3, -0.25) is 9.59 Å². The van der Waals surface area contributed by atoms with Crippen LogP contribution in [0.15, 0.2) is 12.1 Å². The maximum atomic E-state index is 12.1. The van der Waals surface area contributed by atoms with Gasteiger partial charge in [0.1, 0.15) is 0 Å². The Balaban J connectivity index is 1.57. The van der Waals surface area contributed by atoms with E-state index < -0.39 is 0 Å². The Morgan fingerprint density at radius 1 is 1.12 bits per heavy atom. The Bertz CT molecular complexity index is 678. The Kier molecular flexibility index (Phi) is 6.17. The summed E-state index contributed by atoms with van der Waals surface area (Å²) in [5.74, 6) is -0.195. The summed E-state index contributed by atoms with van der Waals surface area (Å²) < 4.78 is 2.44. The fourth-order valence-corrected chi connectivity index (χ4v) is 4.34. The molecule has 0 spiro atoms. The molecule has 2 amide bonds. The van der Waals surface area contributed by atoms with E-state index >= 15 is 0 Å². The average molecular weight is 357 g/mol. The number of hydrogen-bond acceptors (Lipinski definition) is 2. The van der Waals surface area contributed by atoms with Gasteiger partial charge in [0.05, 0.1) is 6.54 Å². The molecule has 26 heavy (non-hydrogen) atoms. The molecule has 5 heteroatoms. The third kappa shape index (κ3) is 4.37. The molecule has 1 aliphatic heterocycles. The third-order valence-corrected chi connectivity index (χ3v) is 5.75. The lowest BCUT2D eigenvalue weighted by atomic mass is 9.95. The van der Waals surface area contributed by atoms with Gasteiger partial charge in [-0.1, -0.05) is 19.3 Å². The van der Waals surface area contributed by atoms with Crippen molar-refractivity contribution < 1.29 is 9.59 Å². The first-order chi connectivity index (χ1) is 12.6. The van der Waals surface area contributed by atoms with Gasteiger partial charge in [-0.05, 0) is 57.2 Å². The largest absolute Gasteiger partial charge is 0.346 e. The summed E-state index contributed by atoms with van der Waals surface area (Å²) in [5.41, 5.74) is 3.58. The summed E-state index contributed by atoms with van der Waals surface area (Å²) >= 11 is 0. The standard InChI is InChI=1S/C21H31N3O2/c1-16-14-18(17(2)24(16)19-8-4-3-5-9-19)10-11-20(25)22-15-21(26)23-12-6-7-13-23/h10-11,14,19H,3-9,12-13,15H2,1-2H3,(H,22,25)/b11-10+. The second-order valence-corrected chi connectivity index (χ2v) is 7.63. The van der Waals surface area contributed by atoms with Crippen LogP contribution in [0.5, 0.6) is 0 Å². The normalized spacial score (nSPS) is 18.6. The molecule has 1 N–H and O–H groups in total. The first-order valence-electron chi connectivity index (χ1n) is 9.98. The molecule has 3 rings (SSSR count). The van der Waals surface area contributed by atoms with E-state index in [4.69, 9.17) is 0 Å². The van der Waals surface area contributed by atoms with Gasteiger partial charge in [0.15, 0.2) is 0 Å². The lowest BCUT2D eigenvalue weighted by molar-refractivity contribution is -0.131.